The molecule has 0 unspecified atom stereocenters. The van der Waals surface area contributed by atoms with Crippen LogP contribution in [0.2, 0.25) is 0 Å². The van der Waals surface area contributed by atoms with E-state index in [0.29, 0.717) is 23.7 Å². The molecule has 0 bridgehead atoms. The second kappa shape index (κ2) is 11.2. The molecule has 41 heavy (non-hydrogen) atoms. The molecule has 1 N–H and O–H groups in total. The molecule has 0 saturated carbocycles. The molecule has 0 fully saturated rings. The van der Waals surface area contributed by atoms with Gasteiger partial charge in [0.2, 0.25) is 5.88 Å². The summed E-state index contributed by atoms with van der Waals surface area (Å²) in [4.78, 5) is 18.0. The van der Waals surface area contributed by atoms with Crippen LogP contribution in [-0.4, -0.2) is 21.5 Å². The maximum Gasteiger partial charge on any atom is 0.271 e. The van der Waals surface area contributed by atoms with Gasteiger partial charge in [0, 0.05) is 34.3 Å². The van der Waals surface area contributed by atoms with Gasteiger partial charge >= 0.3 is 0 Å². The minimum absolute atomic E-state index is 0.0207. The number of aromatic nitrogens is 1. The first kappa shape index (κ1) is 28.1. The van der Waals surface area contributed by atoms with E-state index in [1.807, 2.05) is 91.0 Å². The molecular weight excluding hydrogens is 529 g/mol. The molecule has 0 radical (unpaired) electrons. The van der Waals surface area contributed by atoms with Crippen LogP contribution in [0.5, 0.6) is 5.88 Å². The largest absolute Gasteiger partial charge is 0.494 e. The van der Waals surface area contributed by atoms with Gasteiger partial charge in [-0.05, 0) is 42.7 Å². The number of allylic oxidation sites excluding steroid dienone is 1. The molecule has 0 aliphatic carbocycles. The van der Waals surface area contributed by atoms with E-state index in [1.165, 1.54) is 4.57 Å². The van der Waals surface area contributed by atoms with E-state index in [2.05, 4.69) is 19.9 Å². The molecule has 2 heterocycles. The first-order chi connectivity index (χ1) is 19.7. The molecule has 6 nitrogen and oxygen atoms in total. The fraction of sp³-hybridized carbons (Fsp3) is 0.206. The van der Waals surface area contributed by atoms with E-state index in [-0.39, 0.29) is 23.4 Å². The predicted octanol–water partition coefficient (Wildman–Crippen LogP) is 6.22. The Morgan fingerprint density at radius 1 is 0.951 bits per heavy atom. The van der Waals surface area contributed by atoms with E-state index >= 15 is 0 Å². The highest BCUT2D eigenvalue weighted by Gasteiger charge is 2.33. The summed E-state index contributed by atoms with van der Waals surface area (Å²) >= 11 is 0. The van der Waals surface area contributed by atoms with Crippen molar-refractivity contribution in [1.29, 1.82) is 5.26 Å². The van der Waals surface area contributed by atoms with Gasteiger partial charge in [-0.15, -0.1) is 0 Å². The maximum atomic E-state index is 14.4. The molecular formula is C34H32N3O3P. The van der Waals surface area contributed by atoms with Gasteiger partial charge in [0.1, 0.15) is 18.8 Å². The first-order valence-corrected chi connectivity index (χ1v) is 15.5. The van der Waals surface area contributed by atoms with Crippen molar-refractivity contribution in [1.82, 2.24) is 4.57 Å². The molecule has 1 aliphatic heterocycles. The van der Waals surface area contributed by atoms with Gasteiger partial charge in [-0.3, -0.25) is 14.4 Å². The van der Waals surface area contributed by atoms with Gasteiger partial charge in [0.25, 0.3) is 5.56 Å². The Hall–Kier alpha value is -4.46. The van der Waals surface area contributed by atoms with Crippen molar-refractivity contribution in [2.75, 3.05) is 6.16 Å². The summed E-state index contributed by atoms with van der Waals surface area (Å²) in [6, 6.07) is 28.7. The third-order valence-corrected chi connectivity index (χ3v) is 11.1. The fourth-order valence-electron chi connectivity index (χ4n) is 5.49. The molecule has 7 heteroatoms. The highest BCUT2D eigenvalue weighted by atomic mass is 31.2. The van der Waals surface area contributed by atoms with Crippen LogP contribution in [0.3, 0.4) is 0 Å². The first-order valence-electron chi connectivity index (χ1n) is 13.6. The molecule has 206 valence electrons. The fourth-order valence-corrected chi connectivity index (χ4v) is 8.20. The van der Waals surface area contributed by atoms with Crippen LogP contribution >= 0.6 is 7.14 Å². The number of fused-ring (bicyclic) bond motifs is 1. The molecule has 1 aliphatic rings. The summed E-state index contributed by atoms with van der Waals surface area (Å²) in [7, 11) is -2.99. The molecule has 0 atom stereocenters. The lowest BCUT2D eigenvalue weighted by atomic mass is 9.81. The Morgan fingerprint density at radius 3 is 2.12 bits per heavy atom. The van der Waals surface area contributed by atoms with Crippen LogP contribution < -0.4 is 16.2 Å². The minimum Gasteiger partial charge on any atom is -0.494 e. The summed E-state index contributed by atoms with van der Waals surface area (Å²) < 4.78 is 15.6. The Kier molecular flexibility index (Phi) is 7.67. The van der Waals surface area contributed by atoms with Crippen LogP contribution in [0, 0.1) is 18.3 Å². The minimum atomic E-state index is -2.99. The van der Waals surface area contributed by atoms with Gasteiger partial charge in [-0.2, -0.15) is 5.26 Å². The topological polar surface area (TPSA) is 95.4 Å². The third-order valence-electron chi connectivity index (χ3n) is 7.91. The van der Waals surface area contributed by atoms with E-state index in [4.69, 9.17) is 4.99 Å². The van der Waals surface area contributed by atoms with E-state index < -0.39 is 12.7 Å². The van der Waals surface area contributed by atoms with Crippen LogP contribution in [0.4, 0.5) is 5.69 Å². The molecule has 1 aromatic heterocycles. The average Bonchev–Trinajstić information content (AvgIpc) is 3.25. The molecule has 0 spiro atoms. The number of hydrogen-bond donors (Lipinski definition) is 1. The van der Waals surface area contributed by atoms with Crippen molar-refractivity contribution in [3.8, 4) is 11.9 Å². The van der Waals surface area contributed by atoms with Crippen molar-refractivity contribution in [2.24, 2.45) is 4.99 Å². The van der Waals surface area contributed by atoms with Crippen molar-refractivity contribution in [3.63, 3.8) is 0 Å². The van der Waals surface area contributed by atoms with E-state index in [9.17, 15) is 19.7 Å². The number of pyridine rings is 1. The van der Waals surface area contributed by atoms with Crippen LogP contribution in [0.1, 0.15) is 42.5 Å². The standard InChI is InChI=1S/C34H32N3O3P/c1-24-27(19-20-31-34(2,3)29-17-10-11-18-30(29)36-31)32(38)37(33(39)28(24)23-35)21-12-22-41(40,25-13-6-4-7-14-25)26-15-8-5-9-16-26/h4-11,13-20,38H,12,21-22H2,1-3H3/b20-19+. The summed E-state index contributed by atoms with van der Waals surface area (Å²) in [5, 5.41) is 22.6. The Balaban J connectivity index is 1.47. The normalized spacial score (nSPS) is 14.0. The number of hydrogen-bond acceptors (Lipinski definition) is 5. The van der Waals surface area contributed by atoms with Crippen molar-refractivity contribution < 1.29 is 9.67 Å². The number of nitrogens with zero attached hydrogens (tertiary/aromatic N) is 3. The number of benzene rings is 3. The van der Waals surface area contributed by atoms with E-state index in [0.717, 1.165) is 27.6 Å². The highest BCUT2D eigenvalue weighted by Crippen LogP contribution is 2.44. The zero-order chi connectivity index (χ0) is 29.2. The Bertz CT molecular complexity index is 1770. The van der Waals surface area contributed by atoms with Crippen molar-refractivity contribution >= 4 is 35.2 Å². The predicted molar refractivity (Wildman–Crippen MR) is 167 cm³/mol. The van der Waals surface area contributed by atoms with Crippen molar-refractivity contribution in [3.05, 3.63) is 124 Å². The smallest absolute Gasteiger partial charge is 0.271 e. The lowest BCUT2D eigenvalue weighted by Gasteiger charge is -2.21. The van der Waals surface area contributed by atoms with Crippen LogP contribution in [0.15, 0.2) is 101 Å². The van der Waals surface area contributed by atoms with Gasteiger partial charge in [0.05, 0.1) is 11.4 Å². The van der Waals surface area contributed by atoms with Gasteiger partial charge in [-0.25, -0.2) is 0 Å². The molecule has 3 aromatic carbocycles. The summed E-state index contributed by atoms with van der Waals surface area (Å²) in [6.07, 6.45) is 4.24. The second-order valence-corrected chi connectivity index (χ2v) is 13.7. The summed E-state index contributed by atoms with van der Waals surface area (Å²) in [5.41, 5.74) is 2.74. The summed E-state index contributed by atoms with van der Waals surface area (Å²) in [5.74, 6) is -0.217. The number of aliphatic imine (C=N–C) groups is 1. The van der Waals surface area contributed by atoms with Gasteiger partial charge < -0.3 is 9.67 Å². The maximum absolute atomic E-state index is 14.4. The summed E-state index contributed by atoms with van der Waals surface area (Å²) in [6.45, 7) is 5.96. The lowest BCUT2D eigenvalue weighted by molar-refractivity contribution is 0.402. The zero-order valence-electron chi connectivity index (χ0n) is 23.4. The number of para-hydroxylation sites is 1. The Morgan fingerprint density at radius 2 is 1.54 bits per heavy atom. The van der Waals surface area contributed by atoms with Crippen LogP contribution in [0.25, 0.3) is 6.08 Å². The average molecular weight is 562 g/mol. The van der Waals surface area contributed by atoms with Gasteiger partial charge in [-0.1, -0.05) is 92.7 Å². The molecule has 5 rings (SSSR count). The number of nitriles is 1. The SMILES string of the molecule is Cc1c(/C=C/C2=Nc3ccccc3C2(C)C)c(O)n(CCCP(=O)(c2ccccc2)c2ccccc2)c(=O)c1C#N. The molecule has 0 amide bonds. The monoisotopic (exact) mass is 561 g/mol. The second-order valence-electron chi connectivity index (χ2n) is 10.8. The van der Waals surface area contributed by atoms with E-state index in [1.54, 1.807) is 13.0 Å². The lowest BCUT2D eigenvalue weighted by Crippen LogP contribution is -2.26. The quantitative estimate of drug-likeness (QED) is 0.259. The third kappa shape index (κ3) is 5.10. The number of aromatic hydroxyl groups is 1. The molecule has 0 saturated heterocycles. The zero-order valence-corrected chi connectivity index (χ0v) is 24.3. The number of rotatable bonds is 8. The Labute approximate surface area is 240 Å². The molecule has 4 aromatic rings. The van der Waals surface area contributed by atoms with Crippen LogP contribution in [-0.2, 0) is 16.5 Å². The van der Waals surface area contributed by atoms with Gasteiger partial charge in [0.15, 0.2) is 0 Å². The van der Waals surface area contributed by atoms with Crippen molar-refractivity contribution in [2.45, 2.75) is 39.2 Å². The highest BCUT2D eigenvalue weighted by molar-refractivity contribution is 7.78.